The summed E-state index contributed by atoms with van der Waals surface area (Å²) in [7, 11) is 0. The summed E-state index contributed by atoms with van der Waals surface area (Å²) in [5, 5.41) is 3.91. The number of carbonyl (C=O) groups excluding carboxylic acids is 1. The minimum atomic E-state index is -0.279. The minimum absolute atomic E-state index is 0.122. The number of fused-ring (bicyclic) bond motifs is 1. The molecule has 0 aromatic carbocycles. The maximum absolute atomic E-state index is 12.9. The molecular formula is C23H27N5O2. The van der Waals surface area contributed by atoms with E-state index >= 15 is 0 Å². The Labute approximate surface area is 175 Å². The molecule has 4 atom stereocenters. The van der Waals surface area contributed by atoms with E-state index in [4.69, 9.17) is 10.2 Å². The lowest BCUT2D eigenvalue weighted by atomic mass is 9.96. The van der Waals surface area contributed by atoms with Crippen LogP contribution in [0.1, 0.15) is 48.9 Å². The third-order valence-electron chi connectivity index (χ3n) is 6.19. The van der Waals surface area contributed by atoms with Gasteiger partial charge in [-0.3, -0.25) is 9.78 Å². The Morgan fingerprint density at radius 2 is 2.07 bits per heavy atom. The quantitative estimate of drug-likeness (QED) is 0.686. The minimum Gasteiger partial charge on any atom is -0.442 e. The number of hydrogen-bond acceptors (Lipinski definition) is 6. The van der Waals surface area contributed by atoms with Crippen molar-refractivity contribution in [3.05, 3.63) is 48.1 Å². The Kier molecular flexibility index (Phi) is 4.70. The van der Waals surface area contributed by atoms with Crippen molar-refractivity contribution in [2.24, 2.45) is 17.6 Å². The van der Waals surface area contributed by atoms with Gasteiger partial charge in [0.25, 0.3) is 5.91 Å². The van der Waals surface area contributed by atoms with Gasteiger partial charge in [0.1, 0.15) is 11.5 Å². The molecule has 7 nitrogen and oxygen atoms in total. The number of furan rings is 1. The first-order chi connectivity index (χ1) is 14.5. The van der Waals surface area contributed by atoms with Crippen LogP contribution >= 0.6 is 0 Å². The Hall–Kier alpha value is -2.93. The van der Waals surface area contributed by atoms with Gasteiger partial charge < -0.3 is 20.4 Å². The summed E-state index contributed by atoms with van der Waals surface area (Å²) in [6, 6.07) is 7.72. The van der Waals surface area contributed by atoms with Gasteiger partial charge in [0.2, 0.25) is 5.71 Å². The molecule has 3 aromatic heterocycles. The lowest BCUT2D eigenvalue weighted by Crippen LogP contribution is -2.46. The van der Waals surface area contributed by atoms with Crippen molar-refractivity contribution in [3.8, 4) is 0 Å². The summed E-state index contributed by atoms with van der Waals surface area (Å²) in [6.45, 7) is 6.08. The van der Waals surface area contributed by atoms with Crippen LogP contribution in [0, 0.1) is 11.8 Å². The first-order valence-corrected chi connectivity index (χ1v) is 10.6. The molecule has 0 unspecified atom stereocenters. The highest BCUT2D eigenvalue weighted by Crippen LogP contribution is 2.48. The Balaban J connectivity index is 1.38. The van der Waals surface area contributed by atoms with E-state index < -0.39 is 0 Å². The van der Waals surface area contributed by atoms with Crippen LogP contribution in [0.15, 0.2) is 41.1 Å². The van der Waals surface area contributed by atoms with Crippen molar-refractivity contribution in [2.75, 3.05) is 23.3 Å². The van der Waals surface area contributed by atoms with E-state index in [1.165, 1.54) is 0 Å². The number of nitrogens with one attached hydrogen (secondary N) is 1. The zero-order chi connectivity index (χ0) is 20.8. The van der Waals surface area contributed by atoms with Crippen molar-refractivity contribution in [1.29, 1.82) is 0 Å². The maximum Gasteiger partial charge on any atom is 0.274 e. The van der Waals surface area contributed by atoms with Crippen molar-refractivity contribution >= 4 is 28.4 Å². The Bertz CT molecular complexity index is 1080. The largest absolute Gasteiger partial charge is 0.442 e. The van der Waals surface area contributed by atoms with Crippen molar-refractivity contribution < 1.29 is 9.21 Å². The smallest absolute Gasteiger partial charge is 0.274 e. The molecule has 1 amide bonds. The van der Waals surface area contributed by atoms with Gasteiger partial charge in [-0.15, -0.1) is 0 Å². The number of carbonyl (C=O) groups is 1. The van der Waals surface area contributed by atoms with Gasteiger partial charge in [-0.05, 0) is 48.9 Å². The van der Waals surface area contributed by atoms with Gasteiger partial charge in [-0.25, -0.2) is 4.98 Å². The number of nitrogens with zero attached hydrogens (tertiary/aromatic N) is 3. The molecular weight excluding hydrogens is 378 g/mol. The number of rotatable bonds is 4. The number of hydrogen-bond donors (Lipinski definition) is 2. The molecule has 0 spiro atoms. The highest BCUT2D eigenvalue weighted by molar-refractivity contribution is 6.05. The summed E-state index contributed by atoms with van der Waals surface area (Å²) >= 11 is 0. The number of amides is 1. The van der Waals surface area contributed by atoms with E-state index in [-0.39, 0.29) is 11.9 Å². The van der Waals surface area contributed by atoms with Gasteiger partial charge in [0, 0.05) is 36.6 Å². The maximum atomic E-state index is 12.9. The average molecular weight is 406 g/mol. The predicted octanol–water partition coefficient (Wildman–Crippen LogP) is 3.77. The number of piperidine rings is 1. The molecule has 30 heavy (non-hydrogen) atoms. The summed E-state index contributed by atoms with van der Waals surface area (Å²) in [5.41, 5.74) is 8.66. The zero-order valence-corrected chi connectivity index (χ0v) is 17.3. The molecule has 1 aliphatic heterocycles. The SMILES string of the molecule is C[C@@H]1C[C@H](N)CN(c2ccncc2NC(=O)c2ccc3cc([C@@H]4C[C@@H]4C)oc3n2)C1. The van der Waals surface area contributed by atoms with Crippen molar-refractivity contribution in [1.82, 2.24) is 9.97 Å². The van der Waals surface area contributed by atoms with E-state index in [0.29, 0.717) is 34.8 Å². The Morgan fingerprint density at radius 3 is 2.83 bits per heavy atom. The summed E-state index contributed by atoms with van der Waals surface area (Å²) in [4.78, 5) is 23.8. The standard InChI is InChI=1S/C23H27N5O2/c1-13-7-16(24)12-28(11-13)20-5-6-25-10-19(20)26-22(29)18-4-3-15-9-21(17-8-14(17)2)30-23(15)27-18/h3-6,9-10,13-14,16-17H,7-8,11-12,24H2,1-2H3,(H,26,29)/t13-,14+,16+,17-/m1/s1. The van der Waals surface area contributed by atoms with Gasteiger partial charge in [-0.2, -0.15) is 0 Å². The lowest BCUT2D eigenvalue weighted by Gasteiger charge is -2.37. The molecule has 3 N–H and O–H groups in total. The van der Waals surface area contributed by atoms with Crippen molar-refractivity contribution in [2.45, 2.75) is 38.6 Å². The summed E-state index contributed by atoms with van der Waals surface area (Å²) in [6.07, 6.45) is 5.58. The van der Waals surface area contributed by atoms with Crippen molar-refractivity contribution in [3.63, 3.8) is 0 Å². The fourth-order valence-electron chi connectivity index (χ4n) is 4.51. The number of aromatic nitrogens is 2. The van der Waals surface area contributed by atoms with E-state index in [2.05, 4.69) is 34.0 Å². The van der Waals surface area contributed by atoms with Crippen LogP contribution in [-0.4, -0.2) is 35.0 Å². The average Bonchev–Trinajstić information content (AvgIpc) is 3.29. The van der Waals surface area contributed by atoms with E-state index in [1.807, 2.05) is 18.2 Å². The van der Waals surface area contributed by atoms with Crippen LogP contribution in [0.25, 0.3) is 11.1 Å². The molecule has 1 aliphatic carbocycles. The van der Waals surface area contributed by atoms with Crippen LogP contribution in [0.2, 0.25) is 0 Å². The van der Waals surface area contributed by atoms with Gasteiger partial charge in [0.05, 0.1) is 17.6 Å². The molecule has 156 valence electrons. The molecule has 1 saturated heterocycles. The van der Waals surface area contributed by atoms with Crippen LogP contribution in [0.5, 0.6) is 0 Å². The molecule has 7 heteroatoms. The molecule has 2 fully saturated rings. The molecule has 3 aromatic rings. The third kappa shape index (κ3) is 3.65. The molecule has 1 saturated carbocycles. The second-order valence-corrected chi connectivity index (χ2v) is 8.91. The number of pyridine rings is 2. The van der Waals surface area contributed by atoms with Crippen LogP contribution in [-0.2, 0) is 0 Å². The topological polar surface area (TPSA) is 97.3 Å². The molecule has 0 radical (unpaired) electrons. The first kappa shape index (κ1) is 19.1. The fraction of sp³-hybridized carbons (Fsp3) is 0.435. The monoisotopic (exact) mass is 405 g/mol. The molecule has 2 aliphatic rings. The van der Waals surface area contributed by atoms with Crippen LogP contribution in [0.4, 0.5) is 11.4 Å². The summed E-state index contributed by atoms with van der Waals surface area (Å²) < 4.78 is 5.92. The second-order valence-electron chi connectivity index (χ2n) is 8.91. The van der Waals surface area contributed by atoms with Gasteiger partial charge in [-0.1, -0.05) is 13.8 Å². The predicted molar refractivity (Wildman–Crippen MR) is 117 cm³/mol. The van der Waals surface area contributed by atoms with E-state index in [0.717, 1.165) is 42.8 Å². The van der Waals surface area contributed by atoms with Crippen LogP contribution < -0.4 is 16.0 Å². The number of anilines is 2. The lowest BCUT2D eigenvalue weighted by molar-refractivity contribution is 0.102. The molecule has 4 heterocycles. The number of nitrogens with two attached hydrogens (primary N) is 1. The van der Waals surface area contributed by atoms with E-state index in [1.54, 1.807) is 18.5 Å². The second kappa shape index (κ2) is 7.40. The van der Waals surface area contributed by atoms with Gasteiger partial charge >= 0.3 is 0 Å². The highest BCUT2D eigenvalue weighted by Gasteiger charge is 2.37. The normalized spacial score (nSPS) is 26.0. The van der Waals surface area contributed by atoms with Gasteiger partial charge in [0.15, 0.2) is 0 Å². The Morgan fingerprint density at radius 1 is 1.23 bits per heavy atom. The molecule has 5 rings (SSSR count). The fourth-order valence-corrected chi connectivity index (χ4v) is 4.51. The third-order valence-corrected chi connectivity index (χ3v) is 6.19. The zero-order valence-electron chi connectivity index (χ0n) is 17.3. The first-order valence-electron chi connectivity index (χ1n) is 10.6. The molecule has 0 bridgehead atoms. The van der Waals surface area contributed by atoms with Crippen LogP contribution in [0.3, 0.4) is 0 Å². The van der Waals surface area contributed by atoms with E-state index in [9.17, 15) is 4.79 Å². The highest BCUT2D eigenvalue weighted by atomic mass is 16.3. The summed E-state index contributed by atoms with van der Waals surface area (Å²) in [5.74, 6) is 2.32.